The van der Waals surface area contributed by atoms with Crippen LogP contribution in [0.2, 0.25) is 0 Å². The lowest BCUT2D eigenvalue weighted by Crippen LogP contribution is -2.12. The summed E-state index contributed by atoms with van der Waals surface area (Å²) in [6.45, 7) is 13.4. The largest absolute Gasteiger partial charge is 0.460 e. The summed E-state index contributed by atoms with van der Waals surface area (Å²) >= 11 is 0. The summed E-state index contributed by atoms with van der Waals surface area (Å²) in [5.74, 6) is 2.39. The number of para-hydroxylation sites is 1. The van der Waals surface area contributed by atoms with Gasteiger partial charge in [0.2, 0.25) is 0 Å². The summed E-state index contributed by atoms with van der Waals surface area (Å²) in [4.78, 5) is 4.84. The second kappa shape index (κ2) is 8.62. The van der Waals surface area contributed by atoms with Gasteiger partial charge in [-0.3, -0.25) is 4.98 Å². The van der Waals surface area contributed by atoms with Crippen LogP contribution in [-0.2, 0) is 11.8 Å². The van der Waals surface area contributed by atoms with Crippen molar-refractivity contribution in [2.75, 3.05) is 0 Å². The van der Waals surface area contributed by atoms with Gasteiger partial charge in [-0.25, -0.2) is 0 Å². The number of pyridine rings is 1. The van der Waals surface area contributed by atoms with E-state index in [9.17, 15) is 0 Å². The zero-order valence-corrected chi connectivity index (χ0v) is 22.5. The molecular weight excluding hydrogens is 454 g/mol. The molecule has 0 saturated carbocycles. The first-order chi connectivity index (χ1) is 17.7. The molecule has 0 spiro atoms. The highest BCUT2D eigenvalue weighted by Gasteiger charge is 2.21. The van der Waals surface area contributed by atoms with Gasteiger partial charge in [-0.05, 0) is 70.5 Å². The maximum Gasteiger partial charge on any atom is 0.145 e. The monoisotopic (exact) mass is 487 g/mol. The molecule has 186 valence electrons. The van der Waals surface area contributed by atoms with Crippen molar-refractivity contribution in [3.05, 3.63) is 89.8 Å². The minimum Gasteiger partial charge on any atom is -0.460 e. The van der Waals surface area contributed by atoms with E-state index < -0.39 is 0 Å². The van der Waals surface area contributed by atoms with Crippen LogP contribution >= 0.6 is 0 Å². The van der Waals surface area contributed by atoms with E-state index in [1.54, 1.807) is 0 Å². The minimum absolute atomic E-state index is 0.00551. The number of nitrogens with zero attached hydrogens (tertiary/aromatic N) is 1. The summed E-state index contributed by atoms with van der Waals surface area (Å²) in [5.41, 5.74) is 7.28. The van der Waals surface area contributed by atoms with Crippen molar-refractivity contribution >= 4 is 32.7 Å². The number of aryl methyl sites for hydroxylation is 1. The van der Waals surface area contributed by atoms with Crippen molar-refractivity contribution in [2.24, 2.45) is 5.92 Å². The van der Waals surface area contributed by atoms with E-state index in [2.05, 4.69) is 102 Å². The first-order valence-corrected chi connectivity index (χ1v) is 13.1. The minimum atomic E-state index is 0.00551. The Morgan fingerprint density at radius 1 is 0.838 bits per heavy atom. The lowest BCUT2D eigenvalue weighted by Gasteiger charge is -2.22. The van der Waals surface area contributed by atoms with Gasteiger partial charge in [0.1, 0.15) is 22.7 Å². The average Bonchev–Trinajstić information content (AvgIpc) is 3.43. The van der Waals surface area contributed by atoms with Gasteiger partial charge >= 0.3 is 0 Å². The van der Waals surface area contributed by atoms with E-state index in [-0.39, 0.29) is 5.41 Å². The molecule has 3 heteroatoms. The van der Waals surface area contributed by atoms with Gasteiger partial charge in [0.15, 0.2) is 0 Å². The standard InChI is InChI=1S/C34H33NO2/c1-20(2)16-30-21(3)24-12-9-13-26(33(24)37-30)31-19-27-29(36-31)14-15-35-32(27)23-17-22-10-7-8-11-25(22)28(18-23)34(4,5)6/h7-15,17-20H,16H2,1-6H3. The fraction of sp³-hybridized carbons (Fsp3) is 0.265. The van der Waals surface area contributed by atoms with Crippen LogP contribution in [0.25, 0.3) is 55.3 Å². The number of furan rings is 2. The Morgan fingerprint density at radius 3 is 2.41 bits per heavy atom. The van der Waals surface area contributed by atoms with E-state index in [4.69, 9.17) is 13.8 Å². The molecule has 0 aliphatic rings. The predicted octanol–water partition coefficient (Wildman–Crippen LogP) is 9.87. The smallest absolute Gasteiger partial charge is 0.145 e. The van der Waals surface area contributed by atoms with Crippen LogP contribution in [0, 0.1) is 12.8 Å². The Morgan fingerprint density at radius 2 is 1.62 bits per heavy atom. The van der Waals surface area contributed by atoms with Crippen molar-refractivity contribution in [1.82, 2.24) is 4.98 Å². The van der Waals surface area contributed by atoms with Crippen LogP contribution in [0.15, 0.2) is 81.8 Å². The fourth-order valence-electron chi connectivity index (χ4n) is 5.45. The van der Waals surface area contributed by atoms with Crippen LogP contribution in [0.1, 0.15) is 51.5 Å². The number of benzene rings is 3. The second-order valence-electron chi connectivity index (χ2n) is 11.6. The third-order valence-electron chi connectivity index (χ3n) is 7.31. The molecule has 0 amide bonds. The summed E-state index contributed by atoms with van der Waals surface area (Å²) in [6.07, 6.45) is 2.77. The van der Waals surface area contributed by atoms with Crippen molar-refractivity contribution in [1.29, 1.82) is 0 Å². The zero-order chi connectivity index (χ0) is 25.9. The van der Waals surface area contributed by atoms with Gasteiger partial charge < -0.3 is 8.83 Å². The molecule has 3 heterocycles. The molecule has 3 nitrogen and oxygen atoms in total. The second-order valence-corrected chi connectivity index (χ2v) is 11.6. The lowest BCUT2D eigenvalue weighted by molar-refractivity contribution is 0.496. The molecule has 3 aromatic heterocycles. The maximum atomic E-state index is 6.44. The molecule has 0 unspecified atom stereocenters. The molecular formula is C34H33NO2. The van der Waals surface area contributed by atoms with Crippen LogP contribution in [0.3, 0.4) is 0 Å². The van der Waals surface area contributed by atoms with Crippen LogP contribution < -0.4 is 0 Å². The van der Waals surface area contributed by atoms with Crippen LogP contribution in [0.5, 0.6) is 0 Å². The number of aromatic nitrogens is 1. The van der Waals surface area contributed by atoms with E-state index in [0.717, 1.165) is 56.7 Å². The Labute approximate surface area is 218 Å². The van der Waals surface area contributed by atoms with Crippen molar-refractivity contribution in [3.8, 4) is 22.6 Å². The van der Waals surface area contributed by atoms with Gasteiger partial charge in [-0.15, -0.1) is 0 Å². The van der Waals surface area contributed by atoms with E-state index in [0.29, 0.717) is 5.92 Å². The van der Waals surface area contributed by atoms with E-state index in [1.807, 2.05) is 12.3 Å². The van der Waals surface area contributed by atoms with Gasteiger partial charge in [-0.2, -0.15) is 0 Å². The molecule has 0 N–H and O–H groups in total. The number of rotatable bonds is 4. The highest BCUT2D eigenvalue weighted by Crippen LogP contribution is 2.40. The first-order valence-electron chi connectivity index (χ1n) is 13.1. The molecule has 0 aliphatic heterocycles. The van der Waals surface area contributed by atoms with Crippen molar-refractivity contribution in [3.63, 3.8) is 0 Å². The Hall–Kier alpha value is -3.85. The van der Waals surface area contributed by atoms with E-state index >= 15 is 0 Å². The quantitative estimate of drug-likeness (QED) is 0.248. The average molecular weight is 488 g/mol. The normalized spacial score (nSPS) is 12.4. The zero-order valence-electron chi connectivity index (χ0n) is 22.5. The molecule has 0 aliphatic carbocycles. The number of fused-ring (bicyclic) bond motifs is 3. The Kier molecular flexibility index (Phi) is 5.49. The van der Waals surface area contributed by atoms with Crippen molar-refractivity contribution in [2.45, 2.75) is 53.4 Å². The molecule has 0 fully saturated rings. The Balaban J connectivity index is 1.54. The predicted molar refractivity (Wildman–Crippen MR) is 154 cm³/mol. The van der Waals surface area contributed by atoms with Crippen LogP contribution in [-0.4, -0.2) is 4.98 Å². The molecule has 0 bridgehead atoms. The molecule has 0 saturated heterocycles. The van der Waals surface area contributed by atoms with Gasteiger partial charge in [0, 0.05) is 29.0 Å². The molecule has 0 radical (unpaired) electrons. The molecule has 0 atom stereocenters. The molecule has 6 rings (SSSR count). The number of hydrogen-bond donors (Lipinski definition) is 0. The Bertz CT molecular complexity index is 1780. The lowest BCUT2D eigenvalue weighted by atomic mass is 9.82. The van der Waals surface area contributed by atoms with Crippen LogP contribution in [0.4, 0.5) is 0 Å². The third-order valence-corrected chi connectivity index (χ3v) is 7.31. The summed E-state index contributed by atoms with van der Waals surface area (Å²) in [7, 11) is 0. The third kappa shape index (κ3) is 4.03. The molecule has 6 aromatic rings. The highest BCUT2D eigenvalue weighted by molar-refractivity contribution is 6.01. The first kappa shape index (κ1) is 23.5. The SMILES string of the molecule is Cc1c(CC(C)C)oc2c(-c3cc4c(-c5cc(C(C)(C)C)c6ccccc6c5)nccc4o3)cccc12. The van der Waals surface area contributed by atoms with Gasteiger partial charge in [0.05, 0.1) is 11.3 Å². The van der Waals surface area contributed by atoms with Crippen molar-refractivity contribution < 1.29 is 8.83 Å². The molecule has 3 aromatic carbocycles. The maximum absolute atomic E-state index is 6.44. The highest BCUT2D eigenvalue weighted by atomic mass is 16.3. The van der Waals surface area contributed by atoms with E-state index in [1.165, 1.54) is 21.9 Å². The molecule has 37 heavy (non-hydrogen) atoms. The van der Waals surface area contributed by atoms with Gasteiger partial charge in [-0.1, -0.05) is 71.0 Å². The summed E-state index contributed by atoms with van der Waals surface area (Å²) in [6, 6.07) is 23.5. The number of hydrogen-bond acceptors (Lipinski definition) is 3. The summed E-state index contributed by atoms with van der Waals surface area (Å²) < 4.78 is 12.9. The topological polar surface area (TPSA) is 39.2 Å². The fourth-order valence-corrected chi connectivity index (χ4v) is 5.45. The summed E-state index contributed by atoms with van der Waals surface area (Å²) in [5, 5.41) is 4.67. The van der Waals surface area contributed by atoms with Gasteiger partial charge in [0.25, 0.3) is 0 Å².